The summed E-state index contributed by atoms with van der Waals surface area (Å²) in [6.07, 6.45) is 0.801. The molecule has 2 aromatic rings. The molecule has 5 nitrogen and oxygen atoms in total. The van der Waals surface area contributed by atoms with Gasteiger partial charge in [-0.05, 0) is 49.6 Å². The number of rotatable bonds is 6. The third-order valence-electron chi connectivity index (χ3n) is 4.15. The Morgan fingerprint density at radius 3 is 2.50 bits per heavy atom. The first-order chi connectivity index (χ1) is 11.5. The molecule has 2 rings (SSSR count). The molecule has 0 saturated heterocycles. The average Bonchev–Trinajstić information content (AvgIpc) is 2.57. The number of aromatic nitrogens is 1. The van der Waals surface area contributed by atoms with Gasteiger partial charge in [-0.25, -0.2) is 0 Å². The number of methoxy groups -OCH3 is 1. The molecule has 5 heteroatoms. The zero-order valence-electron chi connectivity index (χ0n) is 14.6. The molecule has 1 aromatic carbocycles. The maximum Gasteiger partial charge on any atom is 0.256 e. The summed E-state index contributed by atoms with van der Waals surface area (Å²) >= 11 is 0. The summed E-state index contributed by atoms with van der Waals surface area (Å²) in [5.74, 6) is -0.139. The van der Waals surface area contributed by atoms with Gasteiger partial charge in [0, 0.05) is 23.9 Å². The number of nitrogens with one attached hydrogen (secondary N) is 2. The molecule has 1 aromatic heterocycles. The van der Waals surface area contributed by atoms with Crippen LogP contribution in [0.2, 0.25) is 0 Å². The van der Waals surface area contributed by atoms with Gasteiger partial charge in [0.15, 0.2) is 0 Å². The van der Waals surface area contributed by atoms with Crippen molar-refractivity contribution >= 4 is 5.91 Å². The highest BCUT2D eigenvalue weighted by Crippen LogP contribution is 2.18. The van der Waals surface area contributed by atoms with Crippen molar-refractivity contribution in [3.05, 3.63) is 57.5 Å². The Morgan fingerprint density at radius 1 is 1.25 bits per heavy atom. The Balaban J connectivity index is 2.20. The van der Waals surface area contributed by atoms with Crippen molar-refractivity contribution in [3.63, 3.8) is 0 Å². The number of hydrogen-bond acceptors (Lipinski definition) is 3. The second-order valence-electron chi connectivity index (χ2n) is 5.93. The van der Waals surface area contributed by atoms with Crippen molar-refractivity contribution in [2.75, 3.05) is 13.7 Å². The minimum absolute atomic E-state index is 0.00947. The minimum Gasteiger partial charge on any atom is -0.383 e. The number of benzene rings is 1. The molecule has 24 heavy (non-hydrogen) atoms. The number of aromatic amines is 1. The van der Waals surface area contributed by atoms with Crippen LogP contribution in [-0.2, 0) is 4.74 Å². The predicted octanol–water partition coefficient (Wildman–Crippen LogP) is 2.81. The van der Waals surface area contributed by atoms with Gasteiger partial charge in [-0.1, -0.05) is 19.1 Å². The van der Waals surface area contributed by atoms with Crippen LogP contribution in [0.4, 0.5) is 0 Å². The van der Waals surface area contributed by atoms with Gasteiger partial charge < -0.3 is 15.0 Å². The largest absolute Gasteiger partial charge is 0.383 e. The van der Waals surface area contributed by atoms with Gasteiger partial charge in [0.1, 0.15) is 0 Å². The van der Waals surface area contributed by atoms with Gasteiger partial charge >= 0.3 is 0 Å². The smallest absolute Gasteiger partial charge is 0.256 e. The van der Waals surface area contributed by atoms with E-state index in [0.29, 0.717) is 17.7 Å². The molecular formula is C19H24N2O3. The number of aryl methyl sites for hydroxylation is 2. The van der Waals surface area contributed by atoms with Gasteiger partial charge in [-0.2, -0.15) is 0 Å². The van der Waals surface area contributed by atoms with E-state index in [2.05, 4.69) is 10.3 Å². The zero-order valence-corrected chi connectivity index (χ0v) is 14.6. The van der Waals surface area contributed by atoms with Gasteiger partial charge in [-0.15, -0.1) is 0 Å². The van der Waals surface area contributed by atoms with Crippen molar-refractivity contribution in [3.8, 4) is 11.1 Å². The third-order valence-corrected chi connectivity index (χ3v) is 4.15. The zero-order chi connectivity index (χ0) is 17.7. The summed E-state index contributed by atoms with van der Waals surface area (Å²) in [5, 5.41) is 2.94. The van der Waals surface area contributed by atoms with E-state index in [9.17, 15) is 9.59 Å². The Morgan fingerprint density at radius 2 is 1.92 bits per heavy atom. The van der Waals surface area contributed by atoms with Crippen molar-refractivity contribution in [1.29, 1.82) is 0 Å². The quantitative estimate of drug-likeness (QED) is 0.856. The molecule has 1 amide bonds. The van der Waals surface area contributed by atoms with E-state index in [0.717, 1.165) is 23.2 Å². The van der Waals surface area contributed by atoms with Crippen LogP contribution in [0.25, 0.3) is 11.1 Å². The first-order valence-electron chi connectivity index (χ1n) is 8.07. The lowest BCUT2D eigenvalue weighted by molar-refractivity contribution is 0.0894. The predicted molar refractivity (Wildman–Crippen MR) is 95.4 cm³/mol. The second-order valence-corrected chi connectivity index (χ2v) is 5.93. The van der Waals surface area contributed by atoms with Crippen LogP contribution in [0.15, 0.2) is 35.1 Å². The van der Waals surface area contributed by atoms with E-state index in [1.54, 1.807) is 31.4 Å². The number of amides is 1. The lowest BCUT2D eigenvalue weighted by Gasteiger charge is -2.16. The molecule has 0 radical (unpaired) electrons. The number of ether oxygens (including phenoxy) is 1. The number of hydrogen-bond donors (Lipinski definition) is 2. The molecule has 0 aliphatic carbocycles. The average molecular weight is 328 g/mol. The van der Waals surface area contributed by atoms with Crippen LogP contribution in [-0.4, -0.2) is 30.6 Å². The van der Waals surface area contributed by atoms with Crippen LogP contribution < -0.4 is 10.9 Å². The highest BCUT2D eigenvalue weighted by Gasteiger charge is 2.13. The summed E-state index contributed by atoms with van der Waals surface area (Å²) in [7, 11) is 1.62. The summed E-state index contributed by atoms with van der Waals surface area (Å²) in [4.78, 5) is 27.2. The highest BCUT2D eigenvalue weighted by atomic mass is 16.5. The molecule has 0 saturated carbocycles. The molecular weight excluding hydrogens is 304 g/mol. The van der Waals surface area contributed by atoms with Crippen molar-refractivity contribution in [2.24, 2.45) is 0 Å². The molecule has 128 valence electrons. The molecule has 0 fully saturated rings. The maximum absolute atomic E-state index is 12.3. The fourth-order valence-electron chi connectivity index (χ4n) is 2.47. The topological polar surface area (TPSA) is 71.2 Å². The number of carbonyl (C=O) groups is 1. The Bertz CT molecular complexity index is 763. The Kier molecular flexibility index (Phi) is 5.93. The molecule has 0 unspecified atom stereocenters. The maximum atomic E-state index is 12.3. The Hall–Kier alpha value is -2.40. The van der Waals surface area contributed by atoms with Crippen molar-refractivity contribution in [1.82, 2.24) is 10.3 Å². The first kappa shape index (κ1) is 17.9. The van der Waals surface area contributed by atoms with Gasteiger partial charge in [0.2, 0.25) is 0 Å². The van der Waals surface area contributed by atoms with Crippen LogP contribution >= 0.6 is 0 Å². The summed E-state index contributed by atoms with van der Waals surface area (Å²) < 4.78 is 5.09. The van der Waals surface area contributed by atoms with E-state index >= 15 is 0 Å². The first-order valence-corrected chi connectivity index (χ1v) is 8.07. The van der Waals surface area contributed by atoms with Crippen LogP contribution in [0.5, 0.6) is 0 Å². The monoisotopic (exact) mass is 328 g/mol. The summed E-state index contributed by atoms with van der Waals surface area (Å²) in [5.41, 5.74) is 3.73. The van der Waals surface area contributed by atoms with Gasteiger partial charge in [0.25, 0.3) is 11.5 Å². The number of carbonyl (C=O) groups excluding carboxylic acids is 1. The van der Waals surface area contributed by atoms with E-state index < -0.39 is 0 Å². The fraction of sp³-hybridized carbons (Fsp3) is 0.368. The molecule has 2 N–H and O–H groups in total. The fourth-order valence-corrected chi connectivity index (χ4v) is 2.47. The van der Waals surface area contributed by atoms with Gasteiger partial charge in [-0.3, -0.25) is 9.59 Å². The number of pyridine rings is 1. The van der Waals surface area contributed by atoms with Crippen LogP contribution in [0.3, 0.4) is 0 Å². The molecule has 1 atom stereocenters. The van der Waals surface area contributed by atoms with E-state index in [-0.39, 0.29) is 17.5 Å². The Labute approximate surface area is 142 Å². The lowest BCUT2D eigenvalue weighted by Crippen LogP contribution is -2.37. The molecule has 0 bridgehead atoms. The summed E-state index contributed by atoms with van der Waals surface area (Å²) in [6.45, 7) is 6.31. The summed E-state index contributed by atoms with van der Waals surface area (Å²) in [6, 6.07) is 8.92. The second kappa shape index (κ2) is 7.93. The van der Waals surface area contributed by atoms with E-state index in [1.807, 2.05) is 26.8 Å². The molecule has 0 spiro atoms. The van der Waals surface area contributed by atoms with E-state index in [1.165, 1.54) is 0 Å². The number of H-pyrrole nitrogens is 1. The standard InChI is InChI=1S/C19H24N2O3/c1-5-16(11-24-4)21-18(22)15-8-6-14(7-9-15)17-10-12(2)13(3)20-19(17)23/h6-10,16H,5,11H2,1-4H3,(H,20,23)(H,21,22)/t16-/m1/s1. The normalized spacial score (nSPS) is 12.0. The molecule has 0 aliphatic heterocycles. The molecule has 0 aliphatic rings. The van der Waals surface area contributed by atoms with Crippen LogP contribution in [0, 0.1) is 13.8 Å². The minimum atomic E-state index is -0.139. The SMILES string of the molecule is CC[C@H](COC)NC(=O)c1ccc(-c2cc(C)c(C)[nH]c2=O)cc1. The molecule has 1 heterocycles. The third kappa shape index (κ3) is 4.11. The van der Waals surface area contributed by atoms with Crippen LogP contribution in [0.1, 0.15) is 35.0 Å². The highest BCUT2D eigenvalue weighted by molar-refractivity contribution is 5.94. The van der Waals surface area contributed by atoms with E-state index in [4.69, 9.17) is 4.74 Å². The van der Waals surface area contributed by atoms with Gasteiger partial charge in [0.05, 0.1) is 12.6 Å². The van der Waals surface area contributed by atoms with Crippen molar-refractivity contribution < 1.29 is 9.53 Å². The lowest BCUT2D eigenvalue weighted by atomic mass is 10.0. The van der Waals surface area contributed by atoms with Crippen molar-refractivity contribution in [2.45, 2.75) is 33.2 Å².